The number of aliphatic hydroxyl groups excluding tert-OH is 1. The molecule has 1 amide bonds. The molecule has 2 fully saturated rings. The van der Waals surface area contributed by atoms with Crippen LogP contribution in [0.2, 0.25) is 0 Å². The van der Waals surface area contributed by atoms with Gasteiger partial charge in [0.05, 0.1) is 12.6 Å². The highest BCUT2D eigenvalue weighted by atomic mass is 19.1. The molecule has 1 N–H and O–H groups in total. The molecule has 2 saturated heterocycles. The number of carbonyl (C=O) groups excluding carboxylic acids is 1. The van der Waals surface area contributed by atoms with E-state index in [1.165, 1.54) is 18.4 Å². The molecule has 2 aliphatic rings. The molecule has 37 heavy (non-hydrogen) atoms. The van der Waals surface area contributed by atoms with E-state index < -0.39 is 0 Å². The van der Waals surface area contributed by atoms with Crippen LogP contribution in [-0.4, -0.2) is 95.7 Å². The van der Waals surface area contributed by atoms with Gasteiger partial charge in [0.1, 0.15) is 12.1 Å². The molecule has 5 rings (SSSR count). The van der Waals surface area contributed by atoms with Gasteiger partial charge >= 0.3 is 0 Å². The Morgan fingerprint density at radius 2 is 1.59 bits per heavy atom. The molecule has 0 spiro atoms. The van der Waals surface area contributed by atoms with Crippen molar-refractivity contribution in [3.63, 3.8) is 0 Å². The Labute approximate surface area is 216 Å². The summed E-state index contributed by atoms with van der Waals surface area (Å²) in [6.45, 7) is 7.21. The first-order valence-corrected chi connectivity index (χ1v) is 12.9. The number of amides is 1. The van der Waals surface area contributed by atoms with Crippen LogP contribution in [0.15, 0.2) is 65.3 Å². The molecular formula is C28H34FN5O3. The fourth-order valence-electron chi connectivity index (χ4n) is 5.03. The predicted molar refractivity (Wildman–Crippen MR) is 139 cm³/mol. The van der Waals surface area contributed by atoms with Gasteiger partial charge in [0.25, 0.3) is 5.91 Å². The molecular weight excluding hydrogens is 473 g/mol. The van der Waals surface area contributed by atoms with Gasteiger partial charge in [0.2, 0.25) is 5.89 Å². The number of aromatic nitrogens is 1. The van der Waals surface area contributed by atoms with Crippen molar-refractivity contribution in [1.82, 2.24) is 19.7 Å². The largest absolute Gasteiger partial charge is 0.447 e. The van der Waals surface area contributed by atoms with E-state index in [2.05, 4.69) is 19.7 Å². The van der Waals surface area contributed by atoms with E-state index in [1.807, 2.05) is 30.3 Å². The van der Waals surface area contributed by atoms with Gasteiger partial charge in [-0.3, -0.25) is 14.6 Å². The summed E-state index contributed by atoms with van der Waals surface area (Å²) in [5.41, 5.74) is 2.45. The Hall–Kier alpha value is -3.27. The monoisotopic (exact) mass is 507 g/mol. The number of nitrogens with zero attached hydrogens (tertiary/aromatic N) is 5. The van der Waals surface area contributed by atoms with E-state index >= 15 is 0 Å². The van der Waals surface area contributed by atoms with Gasteiger partial charge < -0.3 is 19.3 Å². The zero-order valence-electron chi connectivity index (χ0n) is 21.0. The molecule has 1 unspecified atom stereocenters. The summed E-state index contributed by atoms with van der Waals surface area (Å²) in [4.78, 5) is 25.9. The van der Waals surface area contributed by atoms with Crippen LogP contribution in [0.4, 0.5) is 10.1 Å². The van der Waals surface area contributed by atoms with E-state index in [4.69, 9.17) is 4.42 Å². The lowest BCUT2D eigenvalue weighted by atomic mass is 10.1. The van der Waals surface area contributed by atoms with Gasteiger partial charge in [-0.25, -0.2) is 9.37 Å². The molecule has 2 aromatic carbocycles. The zero-order chi connectivity index (χ0) is 25.6. The fraction of sp³-hybridized carbons (Fsp3) is 0.429. The summed E-state index contributed by atoms with van der Waals surface area (Å²) < 4.78 is 18.8. The molecule has 8 nitrogen and oxygen atoms in total. The normalized spacial score (nSPS) is 18.2. The van der Waals surface area contributed by atoms with Gasteiger partial charge in [0.15, 0.2) is 5.69 Å². The summed E-state index contributed by atoms with van der Waals surface area (Å²) >= 11 is 0. The topological polar surface area (TPSA) is 76.3 Å². The van der Waals surface area contributed by atoms with E-state index in [0.717, 1.165) is 37.4 Å². The summed E-state index contributed by atoms with van der Waals surface area (Å²) in [6.07, 6.45) is 1.74. The first-order chi connectivity index (χ1) is 18.0. The lowest BCUT2D eigenvalue weighted by molar-refractivity contribution is 0.0675. The van der Waals surface area contributed by atoms with E-state index in [0.29, 0.717) is 57.3 Å². The highest BCUT2D eigenvalue weighted by Gasteiger charge is 2.26. The Kier molecular flexibility index (Phi) is 8.13. The Morgan fingerprint density at radius 1 is 0.919 bits per heavy atom. The summed E-state index contributed by atoms with van der Waals surface area (Å²) in [7, 11) is 0. The molecule has 0 bridgehead atoms. The first-order valence-electron chi connectivity index (χ1n) is 12.9. The van der Waals surface area contributed by atoms with Crippen LogP contribution in [0.25, 0.3) is 0 Å². The van der Waals surface area contributed by atoms with Gasteiger partial charge in [-0.1, -0.05) is 30.3 Å². The Morgan fingerprint density at radius 3 is 2.30 bits per heavy atom. The fourth-order valence-corrected chi connectivity index (χ4v) is 5.03. The van der Waals surface area contributed by atoms with E-state index in [1.54, 1.807) is 17.0 Å². The summed E-state index contributed by atoms with van der Waals surface area (Å²) in [6, 6.07) is 16.5. The molecule has 196 valence electrons. The molecule has 9 heteroatoms. The Bertz CT molecular complexity index is 1140. The second-order valence-electron chi connectivity index (χ2n) is 9.80. The van der Waals surface area contributed by atoms with Crippen molar-refractivity contribution in [2.24, 2.45) is 0 Å². The van der Waals surface area contributed by atoms with Gasteiger partial charge in [-0.05, 0) is 36.2 Å². The highest BCUT2D eigenvalue weighted by Crippen LogP contribution is 2.18. The average molecular weight is 508 g/mol. The number of carbonyl (C=O) groups is 1. The number of oxazole rings is 1. The third-order valence-electron chi connectivity index (χ3n) is 7.14. The smallest absolute Gasteiger partial charge is 0.275 e. The number of anilines is 1. The van der Waals surface area contributed by atoms with Crippen LogP contribution in [0, 0.1) is 5.82 Å². The van der Waals surface area contributed by atoms with Gasteiger partial charge in [-0.2, -0.15) is 0 Å². The molecule has 0 saturated carbocycles. The lowest BCUT2D eigenvalue weighted by Crippen LogP contribution is -2.49. The van der Waals surface area contributed by atoms with Gasteiger partial charge in [0, 0.05) is 64.6 Å². The summed E-state index contributed by atoms with van der Waals surface area (Å²) in [5.74, 6) is 0.177. The molecule has 2 aliphatic heterocycles. The van der Waals surface area contributed by atoms with Crippen LogP contribution in [0.5, 0.6) is 0 Å². The number of piperazine rings is 2. The van der Waals surface area contributed by atoms with Crippen LogP contribution in [0.3, 0.4) is 0 Å². The van der Waals surface area contributed by atoms with Crippen molar-refractivity contribution >= 4 is 11.6 Å². The van der Waals surface area contributed by atoms with Crippen LogP contribution in [0.1, 0.15) is 21.9 Å². The molecule has 1 atom stereocenters. The number of benzene rings is 2. The molecule has 3 aromatic rings. The predicted octanol–water partition coefficient (Wildman–Crippen LogP) is 2.50. The zero-order valence-corrected chi connectivity index (χ0v) is 21.0. The van der Waals surface area contributed by atoms with Crippen molar-refractivity contribution < 1.29 is 18.7 Å². The minimum Gasteiger partial charge on any atom is -0.447 e. The molecule has 0 aliphatic carbocycles. The number of halogens is 1. The van der Waals surface area contributed by atoms with Gasteiger partial charge in [-0.15, -0.1) is 0 Å². The number of hydrogen-bond acceptors (Lipinski definition) is 7. The maximum Gasteiger partial charge on any atom is 0.275 e. The van der Waals surface area contributed by atoms with Crippen LogP contribution in [-0.2, 0) is 13.0 Å². The minimum absolute atomic E-state index is 0.119. The van der Waals surface area contributed by atoms with E-state index in [-0.39, 0.29) is 17.8 Å². The summed E-state index contributed by atoms with van der Waals surface area (Å²) in [5, 5.41) is 10.5. The molecule has 1 aromatic heterocycles. The number of β-amino-alcohol motifs (C(OH)–C–C–N with tert-alkyl or cyclic N) is 1. The SMILES string of the molecule is O=C(c1coc(CN2CCN(CC(O)Cc3ccccc3)CC2)n1)N1CCN(c2ccc(F)cc2)CC1. The van der Waals surface area contributed by atoms with Crippen molar-refractivity contribution in [3.8, 4) is 0 Å². The van der Waals surface area contributed by atoms with Crippen LogP contribution < -0.4 is 4.90 Å². The maximum absolute atomic E-state index is 13.2. The van der Waals surface area contributed by atoms with Crippen molar-refractivity contribution in [2.45, 2.75) is 19.1 Å². The van der Waals surface area contributed by atoms with Crippen molar-refractivity contribution in [2.75, 3.05) is 63.8 Å². The van der Waals surface area contributed by atoms with E-state index in [9.17, 15) is 14.3 Å². The maximum atomic E-state index is 13.2. The number of rotatable bonds is 8. The molecule has 3 heterocycles. The standard InChI is InChI=1S/C28H34FN5O3/c29-23-6-8-24(9-7-23)33-14-16-34(17-15-33)28(36)26-21-37-27(30-26)20-32-12-10-31(11-13-32)19-25(35)18-22-4-2-1-3-5-22/h1-9,21,25,35H,10-20H2. The molecule has 0 radical (unpaired) electrons. The number of hydrogen-bond donors (Lipinski definition) is 1. The third-order valence-corrected chi connectivity index (χ3v) is 7.14. The quantitative estimate of drug-likeness (QED) is 0.502. The minimum atomic E-state index is -0.383. The Balaban J connectivity index is 1.05. The van der Waals surface area contributed by atoms with Crippen molar-refractivity contribution in [3.05, 3.63) is 83.8 Å². The van der Waals surface area contributed by atoms with Crippen LogP contribution >= 0.6 is 0 Å². The second kappa shape index (κ2) is 11.9. The average Bonchev–Trinajstić information content (AvgIpc) is 3.39. The van der Waals surface area contributed by atoms with Crippen molar-refractivity contribution in [1.29, 1.82) is 0 Å². The number of aliphatic hydroxyl groups is 1. The lowest BCUT2D eigenvalue weighted by Gasteiger charge is -2.35. The first kappa shape index (κ1) is 25.4. The second-order valence-corrected chi connectivity index (χ2v) is 9.80. The third kappa shape index (κ3) is 6.74. The highest BCUT2D eigenvalue weighted by molar-refractivity contribution is 5.92.